The minimum Gasteiger partial charge on any atom is -0.295 e. The fourth-order valence-electron chi connectivity index (χ4n) is 1.75. The molecule has 1 aromatic rings. The van der Waals surface area contributed by atoms with Crippen LogP contribution in [-0.4, -0.2) is 11.0 Å². The molecule has 2 unspecified atom stereocenters. The molecule has 0 saturated heterocycles. The van der Waals surface area contributed by atoms with E-state index in [1.807, 2.05) is 0 Å². The van der Waals surface area contributed by atoms with Crippen molar-refractivity contribution in [3.05, 3.63) is 29.8 Å². The maximum absolute atomic E-state index is 12.8. The van der Waals surface area contributed by atoms with Crippen LogP contribution in [-0.2, 0) is 0 Å². The van der Waals surface area contributed by atoms with Crippen LogP contribution in [0.3, 0.4) is 0 Å². The van der Waals surface area contributed by atoms with Crippen LogP contribution in [0.15, 0.2) is 18.3 Å². The fourth-order valence-corrected chi connectivity index (χ4v) is 1.75. The molecule has 17 heavy (non-hydrogen) atoms. The lowest BCUT2D eigenvalue weighted by Crippen LogP contribution is -2.31. The van der Waals surface area contributed by atoms with Crippen molar-refractivity contribution in [2.75, 3.05) is 0 Å². The Balaban J connectivity index is 2.71. The quantitative estimate of drug-likeness (QED) is 0.765. The van der Waals surface area contributed by atoms with Gasteiger partial charge < -0.3 is 0 Å². The lowest BCUT2D eigenvalue weighted by molar-refractivity contribution is 0.451. The van der Waals surface area contributed by atoms with Crippen LogP contribution >= 0.6 is 0 Å². The van der Waals surface area contributed by atoms with Crippen molar-refractivity contribution in [3.63, 3.8) is 0 Å². The van der Waals surface area contributed by atoms with E-state index < -0.39 is 0 Å². The van der Waals surface area contributed by atoms with Gasteiger partial charge in [0.1, 0.15) is 5.82 Å². The molecule has 0 bridgehead atoms. The molecule has 1 aromatic heterocycles. The van der Waals surface area contributed by atoms with E-state index in [9.17, 15) is 4.39 Å². The lowest BCUT2D eigenvalue weighted by Gasteiger charge is -2.20. The second-order valence-corrected chi connectivity index (χ2v) is 4.04. The van der Waals surface area contributed by atoms with Gasteiger partial charge in [-0.25, -0.2) is 4.39 Å². The SMILES string of the molecule is C#CC(CCC)NC(CC)c1ccc(F)cn1. The van der Waals surface area contributed by atoms with E-state index >= 15 is 0 Å². The zero-order chi connectivity index (χ0) is 12.7. The van der Waals surface area contributed by atoms with Crippen LogP contribution in [0.4, 0.5) is 4.39 Å². The third-order valence-electron chi connectivity index (χ3n) is 2.70. The average Bonchev–Trinajstić information content (AvgIpc) is 2.36. The van der Waals surface area contributed by atoms with E-state index in [1.165, 1.54) is 12.3 Å². The number of hydrogen-bond donors (Lipinski definition) is 1. The first-order valence-electron chi connectivity index (χ1n) is 6.04. The highest BCUT2D eigenvalue weighted by molar-refractivity contribution is 5.11. The van der Waals surface area contributed by atoms with E-state index in [4.69, 9.17) is 6.42 Å². The number of pyridine rings is 1. The summed E-state index contributed by atoms with van der Waals surface area (Å²) in [5, 5.41) is 3.37. The first-order chi connectivity index (χ1) is 8.21. The van der Waals surface area contributed by atoms with E-state index in [1.54, 1.807) is 6.07 Å². The first kappa shape index (κ1) is 13.7. The molecule has 0 spiro atoms. The summed E-state index contributed by atoms with van der Waals surface area (Å²) in [4.78, 5) is 4.09. The van der Waals surface area contributed by atoms with Crippen LogP contribution in [0.2, 0.25) is 0 Å². The van der Waals surface area contributed by atoms with Gasteiger partial charge in [0.25, 0.3) is 0 Å². The summed E-state index contributed by atoms with van der Waals surface area (Å²) in [7, 11) is 0. The topological polar surface area (TPSA) is 24.9 Å². The molecular weight excluding hydrogens is 215 g/mol. The minimum atomic E-state index is -0.314. The molecule has 92 valence electrons. The molecule has 1 rings (SSSR count). The number of nitrogens with zero attached hydrogens (tertiary/aromatic N) is 1. The zero-order valence-electron chi connectivity index (χ0n) is 10.4. The Morgan fingerprint density at radius 1 is 1.47 bits per heavy atom. The Labute approximate surface area is 103 Å². The molecule has 0 radical (unpaired) electrons. The third kappa shape index (κ3) is 4.16. The van der Waals surface area contributed by atoms with Crippen molar-refractivity contribution in [1.82, 2.24) is 10.3 Å². The molecule has 0 aliphatic heterocycles. The van der Waals surface area contributed by atoms with Crippen molar-refractivity contribution in [3.8, 4) is 12.3 Å². The molecule has 2 nitrogen and oxygen atoms in total. The van der Waals surface area contributed by atoms with Gasteiger partial charge in [0.05, 0.1) is 24.0 Å². The molecular formula is C14H19FN2. The van der Waals surface area contributed by atoms with Crippen molar-refractivity contribution in [2.24, 2.45) is 0 Å². The Hall–Kier alpha value is -1.40. The van der Waals surface area contributed by atoms with Gasteiger partial charge >= 0.3 is 0 Å². The summed E-state index contributed by atoms with van der Waals surface area (Å²) >= 11 is 0. The van der Waals surface area contributed by atoms with Crippen LogP contribution in [0.25, 0.3) is 0 Å². The predicted molar refractivity (Wildman–Crippen MR) is 67.9 cm³/mol. The normalized spacial score (nSPS) is 14.0. The van der Waals surface area contributed by atoms with E-state index in [0.29, 0.717) is 0 Å². The zero-order valence-corrected chi connectivity index (χ0v) is 10.4. The fraction of sp³-hybridized carbons (Fsp3) is 0.500. The predicted octanol–water partition coefficient (Wildman–Crippen LogP) is 3.06. The molecule has 1 N–H and O–H groups in total. The number of rotatable bonds is 6. The Morgan fingerprint density at radius 2 is 2.24 bits per heavy atom. The Bertz CT molecular complexity index is 367. The maximum atomic E-state index is 12.8. The van der Waals surface area contributed by atoms with E-state index in [-0.39, 0.29) is 17.9 Å². The number of nitrogens with one attached hydrogen (secondary N) is 1. The van der Waals surface area contributed by atoms with Gasteiger partial charge in [0.15, 0.2) is 0 Å². The number of aromatic nitrogens is 1. The highest BCUT2D eigenvalue weighted by atomic mass is 19.1. The van der Waals surface area contributed by atoms with E-state index in [0.717, 1.165) is 25.0 Å². The van der Waals surface area contributed by atoms with Crippen LogP contribution in [0.5, 0.6) is 0 Å². The Kier molecular flexibility index (Phi) is 5.65. The van der Waals surface area contributed by atoms with Crippen molar-refractivity contribution in [1.29, 1.82) is 0 Å². The summed E-state index contributed by atoms with van der Waals surface area (Å²) < 4.78 is 12.8. The molecule has 0 aliphatic carbocycles. The summed E-state index contributed by atoms with van der Waals surface area (Å²) in [5.41, 5.74) is 0.838. The van der Waals surface area contributed by atoms with Gasteiger partial charge in [-0.3, -0.25) is 10.3 Å². The standard InChI is InChI=1S/C14H19FN2/c1-4-7-12(5-2)17-13(6-3)14-9-8-11(15)10-16-14/h2,8-10,12-13,17H,4,6-7H2,1,3H3. The first-order valence-corrected chi connectivity index (χ1v) is 6.04. The molecule has 0 amide bonds. The number of hydrogen-bond acceptors (Lipinski definition) is 2. The van der Waals surface area contributed by atoms with Crippen LogP contribution < -0.4 is 5.32 Å². The smallest absolute Gasteiger partial charge is 0.141 e. The van der Waals surface area contributed by atoms with Crippen molar-refractivity contribution >= 4 is 0 Å². The van der Waals surface area contributed by atoms with Gasteiger partial charge in [0.2, 0.25) is 0 Å². The minimum absolute atomic E-state index is 0.0526. The second-order valence-electron chi connectivity index (χ2n) is 4.04. The van der Waals surface area contributed by atoms with Gasteiger partial charge in [-0.05, 0) is 25.0 Å². The molecule has 0 fully saturated rings. The second kappa shape index (κ2) is 7.03. The third-order valence-corrected chi connectivity index (χ3v) is 2.70. The van der Waals surface area contributed by atoms with Gasteiger partial charge in [0, 0.05) is 0 Å². The molecule has 0 aliphatic rings. The number of halogens is 1. The van der Waals surface area contributed by atoms with Crippen LogP contribution in [0.1, 0.15) is 44.8 Å². The molecule has 2 atom stereocenters. The van der Waals surface area contributed by atoms with Crippen molar-refractivity contribution in [2.45, 2.75) is 45.2 Å². The summed E-state index contributed by atoms with van der Waals surface area (Å²) in [5.74, 6) is 2.42. The molecule has 1 heterocycles. The van der Waals surface area contributed by atoms with Crippen molar-refractivity contribution < 1.29 is 4.39 Å². The molecule has 0 aromatic carbocycles. The molecule has 3 heteroatoms. The highest BCUT2D eigenvalue weighted by Crippen LogP contribution is 2.15. The largest absolute Gasteiger partial charge is 0.295 e. The van der Waals surface area contributed by atoms with Gasteiger partial charge in [-0.2, -0.15) is 0 Å². The van der Waals surface area contributed by atoms with Gasteiger partial charge in [-0.15, -0.1) is 6.42 Å². The summed E-state index contributed by atoms with van der Waals surface area (Å²) in [6, 6.07) is 3.27. The summed E-state index contributed by atoms with van der Waals surface area (Å²) in [6.45, 7) is 4.16. The number of terminal acetylenes is 1. The monoisotopic (exact) mass is 234 g/mol. The summed E-state index contributed by atoms with van der Waals surface area (Å²) in [6.07, 6.45) is 9.56. The Morgan fingerprint density at radius 3 is 2.71 bits per heavy atom. The van der Waals surface area contributed by atoms with E-state index in [2.05, 4.69) is 30.1 Å². The highest BCUT2D eigenvalue weighted by Gasteiger charge is 2.14. The molecule has 0 saturated carbocycles. The maximum Gasteiger partial charge on any atom is 0.141 e. The van der Waals surface area contributed by atoms with Crippen LogP contribution in [0, 0.1) is 18.2 Å². The van der Waals surface area contributed by atoms with Gasteiger partial charge in [-0.1, -0.05) is 26.2 Å². The lowest BCUT2D eigenvalue weighted by atomic mass is 10.1. The average molecular weight is 234 g/mol.